The molecule has 0 aliphatic carbocycles. The van der Waals surface area contributed by atoms with Crippen LogP contribution in [0.5, 0.6) is 0 Å². The predicted octanol–water partition coefficient (Wildman–Crippen LogP) is 1.03. The van der Waals surface area contributed by atoms with Crippen molar-refractivity contribution in [2.24, 2.45) is 11.0 Å². The summed E-state index contributed by atoms with van der Waals surface area (Å²) in [5, 5.41) is 2.70. The highest BCUT2D eigenvalue weighted by Gasteiger charge is 2.01. The van der Waals surface area contributed by atoms with E-state index in [0.29, 0.717) is 11.6 Å². The SMILES string of the molecule is CCn1c(=O)[nH]c2ccccc21.CN(N=O)C(N)=O. The summed E-state index contributed by atoms with van der Waals surface area (Å²) in [5.41, 5.74) is 6.39. The number of nitrogens with one attached hydrogen (secondary N) is 1. The van der Waals surface area contributed by atoms with Gasteiger partial charge in [0.15, 0.2) is 0 Å². The first-order chi connectivity index (χ1) is 9.01. The van der Waals surface area contributed by atoms with Crippen LogP contribution in [0, 0.1) is 4.91 Å². The molecule has 0 bridgehead atoms. The van der Waals surface area contributed by atoms with Crippen LogP contribution in [0.4, 0.5) is 4.79 Å². The first-order valence-corrected chi connectivity index (χ1v) is 5.55. The van der Waals surface area contributed by atoms with Crippen LogP contribution in [0.2, 0.25) is 0 Å². The minimum absolute atomic E-state index is 0.0290. The van der Waals surface area contributed by atoms with Gasteiger partial charge in [0.05, 0.1) is 16.3 Å². The van der Waals surface area contributed by atoms with Gasteiger partial charge in [-0.1, -0.05) is 12.1 Å². The number of aromatic nitrogens is 2. The molecule has 0 saturated heterocycles. The van der Waals surface area contributed by atoms with E-state index in [4.69, 9.17) is 0 Å². The summed E-state index contributed by atoms with van der Waals surface area (Å²) in [4.78, 5) is 33.2. The van der Waals surface area contributed by atoms with E-state index in [9.17, 15) is 14.5 Å². The molecule has 0 spiro atoms. The number of imidazole rings is 1. The van der Waals surface area contributed by atoms with Gasteiger partial charge in [0, 0.05) is 13.6 Å². The molecule has 1 heterocycles. The molecule has 0 aliphatic heterocycles. The average Bonchev–Trinajstić information content (AvgIpc) is 2.73. The standard InChI is InChI=1S/C9H10N2O.C2H5N3O2/c1-2-11-8-6-4-3-5-7(8)10-9(11)12;1-5(4-7)2(3)6/h3-6H,2H2,1H3,(H,10,12);1H3,(H2,3,6). The molecule has 3 N–H and O–H groups in total. The summed E-state index contributed by atoms with van der Waals surface area (Å²) in [7, 11) is 1.18. The number of hydrogen-bond acceptors (Lipinski definition) is 4. The van der Waals surface area contributed by atoms with Gasteiger partial charge < -0.3 is 10.7 Å². The van der Waals surface area contributed by atoms with Crippen molar-refractivity contribution in [2.45, 2.75) is 13.5 Å². The average molecular weight is 265 g/mol. The number of fused-ring (bicyclic) bond motifs is 1. The molecule has 102 valence electrons. The van der Waals surface area contributed by atoms with Gasteiger partial charge in [0.1, 0.15) is 0 Å². The quantitative estimate of drug-likeness (QED) is 0.624. The van der Waals surface area contributed by atoms with Crippen molar-refractivity contribution in [1.82, 2.24) is 14.6 Å². The van der Waals surface area contributed by atoms with Crippen molar-refractivity contribution in [2.75, 3.05) is 7.05 Å². The summed E-state index contributed by atoms with van der Waals surface area (Å²) in [5.74, 6) is 0. The van der Waals surface area contributed by atoms with Crippen LogP contribution in [0.15, 0.2) is 34.3 Å². The number of primary amides is 1. The van der Waals surface area contributed by atoms with Gasteiger partial charge in [-0.15, -0.1) is 4.91 Å². The maximum absolute atomic E-state index is 11.3. The van der Waals surface area contributed by atoms with Gasteiger partial charge in [-0.25, -0.2) is 9.59 Å². The number of amides is 2. The van der Waals surface area contributed by atoms with Gasteiger partial charge in [-0.3, -0.25) is 4.57 Å². The van der Waals surface area contributed by atoms with Crippen molar-refractivity contribution in [3.8, 4) is 0 Å². The molecule has 2 amide bonds. The zero-order chi connectivity index (χ0) is 14.4. The largest absolute Gasteiger partial charge is 0.350 e. The molecule has 2 rings (SSSR count). The van der Waals surface area contributed by atoms with Gasteiger partial charge in [-0.05, 0) is 19.1 Å². The Hall–Kier alpha value is -2.64. The summed E-state index contributed by atoms with van der Waals surface area (Å²) in [6.45, 7) is 2.67. The molecule has 1 aromatic heterocycles. The van der Waals surface area contributed by atoms with Crippen LogP contribution < -0.4 is 11.4 Å². The number of carbonyl (C=O) groups is 1. The lowest BCUT2D eigenvalue weighted by atomic mass is 10.3. The number of aromatic amines is 1. The molecule has 0 aliphatic rings. The van der Waals surface area contributed by atoms with Crippen LogP contribution in [-0.2, 0) is 6.54 Å². The first kappa shape index (κ1) is 14.4. The molecule has 0 unspecified atom stereocenters. The third-order valence-electron chi connectivity index (χ3n) is 2.44. The number of hydrogen-bond donors (Lipinski definition) is 2. The van der Waals surface area contributed by atoms with Crippen molar-refractivity contribution in [3.63, 3.8) is 0 Å². The van der Waals surface area contributed by atoms with E-state index < -0.39 is 6.03 Å². The maximum Gasteiger partial charge on any atom is 0.337 e. The molecule has 0 fully saturated rings. The minimum Gasteiger partial charge on any atom is -0.350 e. The fourth-order valence-corrected chi connectivity index (χ4v) is 1.46. The normalized spacial score (nSPS) is 9.58. The van der Waals surface area contributed by atoms with Crippen LogP contribution >= 0.6 is 0 Å². The zero-order valence-corrected chi connectivity index (χ0v) is 10.7. The Kier molecular flexibility index (Phi) is 4.81. The molecule has 19 heavy (non-hydrogen) atoms. The smallest absolute Gasteiger partial charge is 0.337 e. The number of nitroso groups, excluding NO2 is 1. The number of aryl methyl sites for hydroxylation is 1. The lowest BCUT2D eigenvalue weighted by molar-refractivity contribution is 0.220. The lowest BCUT2D eigenvalue weighted by Crippen LogP contribution is -2.26. The van der Waals surface area contributed by atoms with Crippen molar-refractivity contribution < 1.29 is 4.79 Å². The summed E-state index contributed by atoms with van der Waals surface area (Å²) in [6.07, 6.45) is 0. The second-order valence-electron chi connectivity index (χ2n) is 3.64. The molecular formula is C11H15N5O3. The molecule has 0 saturated carbocycles. The second-order valence-corrected chi connectivity index (χ2v) is 3.64. The lowest BCUT2D eigenvalue weighted by Gasteiger charge is -1.97. The van der Waals surface area contributed by atoms with Crippen LogP contribution in [-0.4, -0.2) is 27.6 Å². The fraction of sp³-hybridized carbons (Fsp3) is 0.273. The minimum atomic E-state index is -0.852. The summed E-state index contributed by atoms with van der Waals surface area (Å²) < 4.78 is 1.72. The maximum atomic E-state index is 11.3. The number of benzene rings is 1. The van der Waals surface area contributed by atoms with Gasteiger partial charge in [0.25, 0.3) is 0 Å². The molecule has 8 heteroatoms. The van der Waals surface area contributed by atoms with E-state index in [1.165, 1.54) is 7.05 Å². The second kappa shape index (κ2) is 6.34. The van der Waals surface area contributed by atoms with Crippen molar-refractivity contribution in [1.29, 1.82) is 0 Å². The van der Waals surface area contributed by atoms with Crippen LogP contribution in [0.25, 0.3) is 11.0 Å². The van der Waals surface area contributed by atoms with E-state index in [2.05, 4.69) is 16.0 Å². The molecule has 8 nitrogen and oxygen atoms in total. The number of carbonyl (C=O) groups excluding carboxylic acids is 1. The highest BCUT2D eigenvalue weighted by atomic mass is 16.3. The van der Waals surface area contributed by atoms with E-state index in [1.54, 1.807) is 4.57 Å². The van der Waals surface area contributed by atoms with E-state index in [1.807, 2.05) is 31.2 Å². The third-order valence-corrected chi connectivity index (χ3v) is 2.44. The predicted molar refractivity (Wildman–Crippen MR) is 71.4 cm³/mol. The Bertz CT molecular complexity index is 631. The highest BCUT2D eigenvalue weighted by Crippen LogP contribution is 2.07. The Morgan fingerprint density at radius 3 is 2.58 bits per heavy atom. The Labute approximate surface area is 108 Å². The Balaban J connectivity index is 0.000000224. The first-order valence-electron chi connectivity index (χ1n) is 5.55. The number of nitrogens with two attached hydrogens (primary N) is 1. The monoisotopic (exact) mass is 265 g/mol. The van der Waals surface area contributed by atoms with Crippen molar-refractivity contribution in [3.05, 3.63) is 39.7 Å². The number of nitrogens with zero attached hydrogens (tertiary/aromatic N) is 3. The van der Waals surface area contributed by atoms with E-state index in [-0.39, 0.29) is 5.69 Å². The van der Waals surface area contributed by atoms with Gasteiger partial charge >= 0.3 is 11.7 Å². The fourth-order valence-electron chi connectivity index (χ4n) is 1.46. The van der Waals surface area contributed by atoms with Crippen molar-refractivity contribution >= 4 is 17.1 Å². The van der Waals surface area contributed by atoms with Gasteiger partial charge in [0.2, 0.25) is 0 Å². The zero-order valence-electron chi connectivity index (χ0n) is 10.7. The molecule has 0 atom stereocenters. The van der Waals surface area contributed by atoms with E-state index >= 15 is 0 Å². The molecular weight excluding hydrogens is 250 g/mol. The molecule has 1 aromatic carbocycles. The van der Waals surface area contributed by atoms with Crippen LogP contribution in [0.3, 0.4) is 0 Å². The number of para-hydroxylation sites is 2. The number of rotatable bonds is 2. The topological polar surface area (TPSA) is 114 Å². The number of urea groups is 1. The van der Waals surface area contributed by atoms with Crippen LogP contribution in [0.1, 0.15) is 6.92 Å². The molecule has 2 aromatic rings. The highest BCUT2D eigenvalue weighted by molar-refractivity contribution is 5.74. The Morgan fingerprint density at radius 2 is 2.11 bits per heavy atom. The van der Waals surface area contributed by atoms with E-state index in [0.717, 1.165) is 11.0 Å². The summed E-state index contributed by atoms with van der Waals surface area (Å²) >= 11 is 0. The molecule has 0 radical (unpaired) electrons. The third kappa shape index (κ3) is 3.41. The summed E-state index contributed by atoms with van der Waals surface area (Å²) in [6, 6.07) is 6.84. The van der Waals surface area contributed by atoms with Gasteiger partial charge in [-0.2, -0.15) is 5.01 Å². The number of H-pyrrole nitrogens is 1. The Morgan fingerprint density at radius 1 is 1.47 bits per heavy atom.